The van der Waals surface area contributed by atoms with Crippen LogP contribution < -0.4 is 31.9 Å². The van der Waals surface area contributed by atoms with E-state index in [1.807, 2.05) is 0 Å². The molecule has 34 N–H and O–H groups in total. The van der Waals surface area contributed by atoms with Crippen LogP contribution in [0.3, 0.4) is 0 Å². The Kier molecular flexibility index (Phi) is 41.1. The normalized spacial score (nSPS) is 48.3. The van der Waals surface area contributed by atoms with Crippen LogP contribution in [0.1, 0.15) is 48.5 Å². The Labute approximate surface area is 788 Å². The molecule has 1 unspecified atom stereocenters. The fraction of sp³-hybridized carbons (Fsp3) is 0.923. The van der Waals surface area contributed by atoms with E-state index in [0.717, 1.165) is 41.5 Å². The number of ether oxygens (including phenoxy) is 21. The van der Waals surface area contributed by atoms with E-state index in [4.69, 9.17) is 99.5 Å². The molecule has 61 heteroatoms. The average Bonchev–Trinajstić information content (AvgIpc) is 0.757. The number of hydrogen-bond donors (Lipinski definition) is 34. The van der Waals surface area contributed by atoms with E-state index in [1.54, 1.807) is 0 Å². The van der Waals surface area contributed by atoms with Gasteiger partial charge in [-0.25, -0.2) is 0 Å². The van der Waals surface area contributed by atoms with Crippen molar-refractivity contribution in [3.8, 4) is 0 Å². The molecular formula is C78H130N6O55. The number of amides is 6. The van der Waals surface area contributed by atoms with Crippen molar-refractivity contribution in [2.45, 2.75) is 386 Å². The lowest BCUT2D eigenvalue weighted by atomic mass is 9.93. The number of hydrogen-bond acceptors (Lipinski definition) is 55. The van der Waals surface area contributed by atoms with E-state index in [0.29, 0.717) is 0 Å². The quantitative estimate of drug-likeness (QED) is 0.0277. The number of carbonyl (C=O) groups excluding carboxylic acids is 6. The lowest BCUT2D eigenvalue weighted by Crippen LogP contribution is -2.72. The van der Waals surface area contributed by atoms with Crippen LogP contribution in [0.25, 0.3) is 0 Å². The molecule has 0 aromatic carbocycles. The first-order chi connectivity index (χ1) is 65.7. The van der Waals surface area contributed by atoms with Gasteiger partial charge in [0.05, 0.1) is 72.2 Å². The van der Waals surface area contributed by atoms with Gasteiger partial charge in [-0.05, 0) is 6.92 Å². The molecule has 0 aromatic heterocycles. The van der Waals surface area contributed by atoms with Crippen LogP contribution in [0.4, 0.5) is 0 Å². The highest BCUT2D eigenvalue weighted by Crippen LogP contribution is 2.42. The molecule has 11 rings (SSSR count). The van der Waals surface area contributed by atoms with Gasteiger partial charge in [-0.1, -0.05) is 0 Å². The Balaban J connectivity index is 0.992. The second-order valence-electron chi connectivity index (χ2n) is 35.3. The van der Waals surface area contributed by atoms with Gasteiger partial charge in [0.25, 0.3) is 0 Å². The van der Waals surface area contributed by atoms with Crippen LogP contribution in [-0.4, -0.2) is 582 Å². The fourth-order valence-electron chi connectivity index (χ4n) is 18.1. The lowest BCUT2D eigenvalue weighted by molar-refractivity contribution is -0.406. The molecule has 0 spiro atoms. The molecule has 11 aliphatic heterocycles. The van der Waals surface area contributed by atoms with Gasteiger partial charge in [-0.2, -0.15) is 0 Å². The van der Waals surface area contributed by atoms with E-state index in [9.17, 15) is 172 Å². The molecule has 55 atom stereocenters. The van der Waals surface area contributed by atoms with Gasteiger partial charge in [0.2, 0.25) is 35.4 Å². The summed E-state index contributed by atoms with van der Waals surface area (Å²) in [6.45, 7) is -4.77. The number of aliphatic hydroxyl groups excluding tert-OH is 28. The van der Waals surface area contributed by atoms with E-state index < -0.39 is 439 Å². The first kappa shape index (κ1) is 114. The average molecular weight is 2030 g/mol. The van der Waals surface area contributed by atoms with Crippen molar-refractivity contribution in [1.29, 1.82) is 0 Å². The predicted molar refractivity (Wildman–Crippen MR) is 430 cm³/mol. The molecule has 11 aliphatic rings. The summed E-state index contributed by atoms with van der Waals surface area (Å²) in [5.41, 5.74) is 0. The highest BCUT2D eigenvalue weighted by Gasteiger charge is 2.63. The maximum Gasteiger partial charge on any atom is 0.217 e. The zero-order valence-electron chi connectivity index (χ0n) is 75.4. The Morgan fingerprint density at radius 2 is 0.453 bits per heavy atom. The Hall–Kier alpha value is -5.14. The summed E-state index contributed by atoms with van der Waals surface area (Å²) in [6, 6.07) is -11.7. The van der Waals surface area contributed by atoms with Crippen molar-refractivity contribution < 1.29 is 271 Å². The minimum absolute atomic E-state index is 0.873. The standard InChI is InChI=1S/C78H130N6O55/c1-18-41(99)53(111)56(114)74(121-18)119-17-34-64(49(107)35(68(118)122-34)79-19(2)93)134-72-39(83-23(6)97)52(110)62(31(14-91)128-72)136-76-59(117)65(46(104)33(131-76)16-120-77-66(55(113)45(103)28(11-88)126-77)138-70-37(81-21(4)95)48(106)43(101)26(9-86)124-70)137-78-67(139-73-40(84-24(7)98)50(108)60(29(12-89)129-73)132-69-36(80-20(3)94)47(105)42(100)25(8-85)123-69)58(116)63(32(15-92)130-78)133-71-38(82-22(5)96)51(109)61(30(13-90)127-71)135-75-57(115)54(112)44(102)27(10-87)125-75/h18,25-78,85-92,99-118H,8-17H2,1-7H3,(H,79,93)(H,80,94)(H,81,95)(H,82,96)(H,83,97)(H,84,98)/t18-,25+,26+,27+,28+,29+,30+,31+,32+,33+,34+,35+,36+,37+,38+,39+,40+,41+,42-,43+,44-,45+,46+,47+,48+,49+,50+,51+,52+,53+,54-,55-,56-,57+,58-,59-,60+,61+,62+,63+,64+,65-,66-,67-,68?,69-,70-,71-,72-,73-,74+,75-,76-,77-,78+/m0/s1. The van der Waals surface area contributed by atoms with Crippen molar-refractivity contribution in [3.05, 3.63) is 0 Å². The fourth-order valence-corrected chi connectivity index (χ4v) is 18.1. The second-order valence-corrected chi connectivity index (χ2v) is 35.3. The molecule has 6 amide bonds. The first-order valence-corrected chi connectivity index (χ1v) is 44.5. The maximum atomic E-state index is 13.5. The molecule has 0 radical (unpaired) electrons. The third-order valence-electron chi connectivity index (χ3n) is 25.3. The maximum absolute atomic E-state index is 13.5. The Bertz CT molecular complexity index is 3900. The largest absolute Gasteiger partial charge is 0.394 e. The molecule has 139 heavy (non-hydrogen) atoms. The molecule has 11 heterocycles. The number of nitrogens with one attached hydrogen (secondary N) is 6. The molecule has 0 aromatic rings. The van der Waals surface area contributed by atoms with Crippen molar-refractivity contribution >= 4 is 35.4 Å². The van der Waals surface area contributed by atoms with Crippen molar-refractivity contribution in [1.82, 2.24) is 31.9 Å². The minimum Gasteiger partial charge on any atom is -0.394 e. The van der Waals surface area contributed by atoms with Gasteiger partial charge < -0.3 is 274 Å². The molecule has 0 bridgehead atoms. The monoisotopic (exact) mass is 2030 g/mol. The third-order valence-corrected chi connectivity index (χ3v) is 25.3. The summed E-state index contributed by atoms with van der Waals surface area (Å²) in [6.07, 6.45) is -105. The number of rotatable bonds is 36. The molecule has 61 nitrogen and oxygen atoms in total. The highest BCUT2D eigenvalue weighted by molar-refractivity contribution is 5.75. The minimum atomic E-state index is -2.76. The van der Waals surface area contributed by atoms with Crippen LogP contribution in [0.15, 0.2) is 0 Å². The number of carbonyl (C=O) groups is 6. The molecule has 802 valence electrons. The first-order valence-electron chi connectivity index (χ1n) is 44.5. The summed E-state index contributed by atoms with van der Waals surface area (Å²) >= 11 is 0. The predicted octanol–water partition coefficient (Wildman–Crippen LogP) is -23.1. The SMILES string of the molecule is CC(=O)N[C@H]1[C@H](O[C@H]2[C@H](O)[C@@H](NC(C)=O)C(O)O[C@@H]2CO[C@@H]2O[C@@H](C)[C@@H](O)[C@@H](O)[C@@H]2O)O[C@H](CO)[C@@H](O[C@@H]2O[C@H](CO[C@H]3O[C@H](CO)[C@@H](O)[C@H](O)[C@@H]3O[C@@H]3O[C@H](CO)[C@@H](O)[C@H](O)[C@H]3NC(C)=O)[C@@H](O)[C@H](O[C@H]3O[C@H](CO)[C@@H](O[C@@H]4O[C@H](CO)[C@@H](O[C@@H]5O[C@H](CO)[C@H](O)[C@H](O)[C@H]5O)[C@H](O)[C@H]4NC(C)=O)[C@H](O)[C@@H]3O[C@@H]3O[C@H](CO)[C@@H](O[C@@H]4O[C@H](CO)[C@H](O)[C@H](O)[C@H]4NC(C)=O)[C@H](O)[C@H]3NC(C)=O)[C@@H]2O)[C@@H]1O. The van der Waals surface area contributed by atoms with Crippen molar-refractivity contribution in [2.75, 3.05) is 66.1 Å². The molecule has 0 aliphatic carbocycles. The number of aliphatic hydroxyl groups is 28. The van der Waals surface area contributed by atoms with Crippen molar-refractivity contribution in [3.63, 3.8) is 0 Å². The summed E-state index contributed by atoms with van der Waals surface area (Å²) < 4.78 is 127. The van der Waals surface area contributed by atoms with Crippen LogP contribution >= 0.6 is 0 Å². The van der Waals surface area contributed by atoms with Gasteiger partial charge in [0, 0.05) is 41.5 Å². The highest BCUT2D eigenvalue weighted by atomic mass is 16.8. The van der Waals surface area contributed by atoms with E-state index in [2.05, 4.69) is 31.9 Å². The lowest BCUT2D eigenvalue weighted by Gasteiger charge is -2.52. The van der Waals surface area contributed by atoms with E-state index >= 15 is 0 Å². The summed E-state index contributed by atoms with van der Waals surface area (Å²) in [5.74, 6) is -5.76. The second kappa shape index (κ2) is 50.0. The van der Waals surface area contributed by atoms with Gasteiger partial charge in [-0.3, -0.25) is 28.8 Å². The Morgan fingerprint density at radius 3 is 0.842 bits per heavy atom. The molecule has 0 saturated carbocycles. The van der Waals surface area contributed by atoms with Crippen molar-refractivity contribution in [2.24, 2.45) is 0 Å². The smallest absolute Gasteiger partial charge is 0.217 e. The molecular weight excluding hydrogens is 1900 g/mol. The summed E-state index contributed by atoms with van der Waals surface area (Å²) in [4.78, 5) is 78.0. The van der Waals surface area contributed by atoms with Crippen LogP contribution in [0, 0.1) is 0 Å². The molecule has 11 saturated heterocycles. The van der Waals surface area contributed by atoms with Crippen LogP contribution in [-0.2, 0) is 128 Å². The zero-order chi connectivity index (χ0) is 102. The van der Waals surface area contributed by atoms with Crippen LogP contribution in [0.2, 0.25) is 0 Å². The van der Waals surface area contributed by atoms with Crippen LogP contribution in [0.5, 0.6) is 0 Å². The Morgan fingerprint density at radius 1 is 0.201 bits per heavy atom. The summed E-state index contributed by atoms with van der Waals surface area (Å²) in [7, 11) is 0. The molecule has 11 fully saturated rings. The van der Waals surface area contributed by atoms with Gasteiger partial charge in [0.15, 0.2) is 69.2 Å². The third kappa shape index (κ3) is 25.8. The van der Waals surface area contributed by atoms with E-state index in [-0.39, 0.29) is 0 Å². The zero-order valence-corrected chi connectivity index (χ0v) is 75.4. The van der Waals surface area contributed by atoms with Gasteiger partial charge in [0.1, 0.15) is 262 Å². The van der Waals surface area contributed by atoms with Gasteiger partial charge in [-0.15, -0.1) is 0 Å². The van der Waals surface area contributed by atoms with E-state index in [1.165, 1.54) is 6.92 Å². The topological polar surface area (TPSA) is 935 Å². The van der Waals surface area contributed by atoms with Gasteiger partial charge >= 0.3 is 0 Å². The summed E-state index contributed by atoms with van der Waals surface area (Å²) in [5, 5.41) is 332.